The number of carbonyl (C=O) groups is 1. The number of aromatic nitrogens is 1. The molecule has 32 heavy (non-hydrogen) atoms. The second-order valence-electron chi connectivity index (χ2n) is 7.81. The highest BCUT2D eigenvalue weighted by Gasteiger charge is 2.32. The number of benzene rings is 4. The lowest BCUT2D eigenvalue weighted by Crippen LogP contribution is -2.11. The molecule has 1 N–H and O–H groups in total. The van der Waals surface area contributed by atoms with Crippen molar-refractivity contribution in [2.45, 2.75) is 16.7 Å². The van der Waals surface area contributed by atoms with Crippen molar-refractivity contribution in [1.82, 2.24) is 5.16 Å². The third-order valence-corrected chi connectivity index (χ3v) is 6.70. The molecule has 0 spiro atoms. The lowest BCUT2D eigenvalue weighted by atomic mass is 9.87. The molecule has 0 saturated carbocycles. The number of rotatable bonds is 4. The molecule has 0 radical (unpaired) electrons. The van der Waals surface area contributed by atoms with E-state index in [4.69, 9.17) is 4.52 Å². The minimum absolute atomic E-state index is 0.0211. The van der Waals surface area contributed by atoms with E-state index in [1.807, 2.05) is 72.8 Å². The van der Waals surface area contributed by atoms with Gasteiger partial charge in [0.25, 0.3) is 0 Å². The summed E-state index contributed by atoms with van der Waals surface area (Å²) in [6.07, 6.45) is 0. The van der Waals surface area contributed by atoms with Crippen LogP contribution in [-0.2, 0) is 0 Å². The van der Waals surface area contributed by atoms with Gasteiger partial charge in [-0.1, -0.05) is 77.1 Å². The molecule has 4 aromatic carbocycles. The number of anilines is 2. The van der Waals surface area contributed by atoms with Gasteiger partial charge >= 0.3 is 0 Å². The predicted octanol–water partition coefficient (Wildman–Crippen LogP) is 7.24. The number of carbonyl (C=O) groups excluding carboxylic acids is 1. The second kappa shape index (κ2) is 7.39. The quantitative estimate of drug-likeness (QED) is 0.317. The number of hydrogen-bond acceptors (Lipinski definition) is 5. The summed E-state index contributed by atoms with van der Waals surface area (Å²) in [6, 6.07) is 27.8. The van der Waals surface area contributed by atoms with E-state index in [1.165, 1.54) is 5.56 Å². The van der Waals surface area contributed by atoms with E-state index in [1.54, 1.807) is 11.8 Å². The maximum absolute atomic E-state index is 13.6. The van der Waals surface area contributed by atoms with Crippen molar-refractivity contribution in [3.05, 3.63) is 102 Å². The van der Waals surface area contributed by atoms with E-state index in [0.29, 0.717) is 22.4 Å². The lowest BCUT2D eigenvalue weighted by molar-refractivity contribution is 0.104. The van der Waals surface area contributed by atoms with Crippen LogP contribution in [-0.4, -0.2) is 10.9 Å². The van der Waals surface area contributed by atoms with Crippen LogP contribution in [0.25, 0.3) is 22.2 Å². The first kappa shape index (κ1) is 18.9. The van der Waals surface area contributed by atoms with Crippen molar-refractivity contribution in [3.8, 4) is 11.3 Å². The van der Waals surface area contributed by atoms with Gasteiger partial charge in [-0.2, -0.15) is 0 Å². The van der Waals surface area contributed by atoms with E-state index in [9.17, 15) is 4.79 Å². The maximum Gasteiger partial charge on any atom is 0.196 e. The van der Waals surface area contributed by atoms with Gasteiger partial charge in [-0.15, -0.1) is 0 Å². The lowest BCUT2D eigenvalue weighted by Gasteiger charge is -2.19. The molecular formula is C27H18N2O2S. The van der Waals surface area contributed by atoms with Gasteiger partial charge in [-0.3, -0.25) is 4.79 Å². The zero-order chi connectivity index (χ0) is 21.7. The molecular weight excluding hydrogens is 416 g/mol. The minimum atomic E-state index is -0.0211. The summed E-state index contributed by atoms with van der Waals surface area (Å²) in [4.78, 5) is 15.6. The summed E-state index contributed by atoms with van der Waals surface area (Å²) in [7, 11) is 0. The van der Waals surface area contributed by atoms with Gasteiger partial charge in [0.1, 0.15) is 5.52 Å². The normalized spacial score (nSPS) is 12.1. The van der Waals surface area contributed by atoms with Gasteiger partial charge in [0, 0.05) is 26.6 Å². The number of nitrogens with zero attached hydrogens (tertiary/aromatic N) is 1. The Morgan fingerprint density at radius 2 is 1.59 bits per heavy atom. The minimum Gasteiger partial charge on any atom is -0.355 e. The molecule has 0 atom stereocenters. The summed E-state index contributed by atoms with van der Waals surface area (Å²) in [5.41, 5.74) is 5.59. The molecule has 1 aromatic heterocycles. The molecule has 154 valence electrons. The Morgan fingerprint density at radius 3 is 2.38 bits per heavy atom. The van der Waals surface area contributed by atoms with Gasteiger partial charge in [0.2, 0.25) is 0 Å². The smallest absolute Gasteiger partial charge is 0.196 e. The highest BCUT2D eigenvalue weighted by Crippen LogP contribution is 2.47. The van der Waals surface area contributed by atoms with Crippen LogP contribution in [0.5, 0.6) is 0 Å². The van der Waals surface area contributed by atoms with Crippen LogP contribution in [0.1, 0.15) is 21.5 Å². The molecule has 0 unspecified atom stereocenters. The van der Waals surface area contributed by atoms with Crippen molar-refractivity contribution >= 4 is 39.8 Å². The summed E-state index contributed by atoms with van der Waals surface area (Å²) in [5, 5.41) is 8.65. The van der Waals surface area contributed by atoms with Crippen LogP contribution >= 0.6 is 11.8 Å². The molecule has 0 aliphatic heterocycles. The summed E-state index contributed by atoms with van der Waals surface area (Å²) >= 11 is 1.61. The third-order valence-electron chi connectivity index (χ3n) is 5.67. The van der Waals surface area contributed by atoms with Gasteiger partial charge in [0.15, 0.2) is 11.5 Å². The molecule has 6 rings (SSSR count). The fraction of sp³-hybridized carbons (Fsp3) is 0.0370. The van der Waals surface area contributed by atoms with Crippen molar-refractivity contribution in [1.29, 1.82) is 0 Å². The first-order valence-electron chi connectivity index (χ1n) is 10.4. The van der Waals surface area contributed by atoms with E-state index in [0.717, 1.165) is 32.1 Å². The van der Waals surface area contributed by atoms with E-state index < -0.39 is 0 Å². The Morgan fingerprint density at radius 1 is 0.875 bits per heavy atom. The number of hydrogen-bond donors (Lipinski definition) is 1. The number of ketones is 1. The molecule has 5 heteroatoms. The van der Waals surface area contributed by atoms with Crippen LogP contribution in [0.2, 0.25) is 0 Å². The molecule has 0 fully saturated rings. The highest BCUT2D eigenvalue weighted by molar-refractivity contribution is 7.99. The topological polar surface area (TPSA) is 55.1 Å². The third kappa shape index (κ3) is 3.01. The highest BCUT2D eigenvalue weighted by atomic mass is 32.2. The molecule has 4 nitrogen and oxygen atoms in total. The number of nitrogens with one attached hydrogen (secondary N) is 1. The van der Waals surface area contributed by atoms with Crippen LogP contribution < -0.4 is 5.32 Å². The Kier molecular flexibility index (Phi) is 4.37. The van der Waals surface area contributed by atoms with Crippen molar-refractivity contribution in [2.75, 3.05) is 5.32 Å². The Bertz CT molecular complexity index is 1490. The van der Waals surface area contributed by atoms with Crippen LogP contribution in [0.3, 0.4) is 0 Å². The summed E-state index contributed by atoms with van der Waals surface area (Å²) < 4.78 is 5.83. The predicted molar refractivity (Wildman–Crippen MR) is 128 cm³/mol. The molecule has 0 saturated heterocycles. The Hall–Kier alpha value is -3.83. The van der Waals surface area contributed by atoms with Gasteiger partial charge < -0.3 is 9.84 Å². The molecule has 1 aliphatic rings. The average molecular weight is 435 g/mol. The van der Waals surface area contributed by atoms with Crippen molar-refractivity contribution in [3.63, 3.8) is 0 Å². The number of fused-ring (bicyclic) bond motifs is 2. The zero-order valence-corrected chi connectivity index (χ0v) is 18.1. The maximum atomic E-state index is 13.6. The van der Waals surface area contributed by atoms with Crippen molar-refractivity contribution in [2.24, 2.45) is 0 Å². The second-order valence-corrected chi connectivity index (χ2v) is 8.93. The zero-order valence-electron chi connectivity index (χ0n) is 17.3. The van der Waals surface area contributed by atoms with Gasteiger partial charge in [-0.25, -0.2) is 0 Å². The largest absolute Gasteiger partial charge is 0.355 e. The monoisotopic (exact) mass is 434 g/mol. The Balaban J connectivity index is 1.60. The molecule has 1 aliphatic carbocycles. The van der Waals surface area contributed by atoms with Crippen LogP contribution in [0, 0.1) is 6.92 Å². The van der Waals surface area contributed by atoms with E-state index >= 15 is 0 Å². The van der Waals surface area contributed by atoms with Crippen LogP contribution in [0.15, 0.2) is 99.2 Å². The summed E-state index contributed by atoms with van der Waals surface area (Å²) in [6.45, 7) is 2.05. The van der Waals surface area contributed by atoms with Crippen molar-refractivity contribution < 1.29 is 9.32 Å². The SMILES string of the molecule is Cc1ccc(Nc2cc(Sc3ccccc3)c3noc4c3c2C(=O)c2ccccc2-4)cc1. The fourth-order valence-electron chi connectivity index (χ4n) is 4.11. The number of aryl methyl sites for hydroxylation is 1. The van der Waals surface area contributed by atoms with E-state index in [-0.39, 0.29) is 5.78 Å². The summed E-state index contributed by atoms with van der Waals surface area (Å²) in [5.74, 6) is 0.625. The molecule has 1 heterocycles. The molecule has 0 bridgehead atoms. The standard InChI is InChI=1S/C27H18N2O2S/c1-16-11-13-17(14-12-16)28-21-15-22(32-18-7-3-2-4-8-18)25-24-23(21)26(30)19-9-5-6-10-20(19)27(24)31-29-25/h2-15,28H,1H3. The average Bonchev–Trinajstić information content (AvgIpc) is 3.26. The first-order chi connectivity index (χ1) is 15.7. The molecule has 0 amide bonds. The van der Waals surface area contributed by atoms with Crippen LogP contribution in [0.4, 0.5) is 11.4 Å². The van der Waals surface area contributed by atoms with Gasteiger partial charge in [-0.05, 0) is 37.3 Å². The fourth-order valence-corrected chi connectivity index (χ4v) is 5.07. The van der Waals surface area contributed by atoms with E-state index in [2.05, 4.69) is 29.5 Å². The molecule has 5 aromatic rings. The first-order valence-corrected chi connectivity index (χ1v) is 11.2. The Labute approximate surface area is 189 Å². The van der Waals surface area contributed by atoms with Gasteiger partial charge in [0.05, 0.1) is 16.6 Å².